The van der Waals surface area contributed by atoms with Gasteiger partial charge in [-0.2, -0.15) is 0 Å². The number of hydrogen-bond donors (Lipinski definition) is 2. The number of aromatic hydroxyl groups is 1. The fourth-order valence-corrected chi connectivity index (χ4v) is 3.19. The fourth-order valence-electron chi connectivity index (χ4n) is 2.19. The summed E-state index contributed by atoms with van der Waals surface area (Å²) in [6.07, 6.45) is 2.80. The first kappa shape index (κ1) is 13.9. The number of rotatable bonds is 3. The summed E-state index contributed by atoms with van der Waals surface area (Å²) < 4.78 is 16.9. The van der Waals surface area contributed by atoms with E-state index in [0.717, 1.165) is 0 Å². The van der Waals surface area contributed by atoms with Gasteiger partial charge in [0.1, 0.15) is 11.3 Å². The van der Waals surface area contributed by atoms with Crippen LogP contribution in [0.5, 0.6) is 5.75 Å². The lowest BCUT2D eigenvalue weighted by molar-refractivity contribution is 0.284. The molecule has 0 aliphatic heterocycles. The third-order valence-corrected chi connectivity index (χ3v) is 4.66. The van der Waals surface area contributed by atoms with Crippen LogP contribution in [0.1, 0.15) is 6.92 Å². The predicted molar refractivity (Wildman–Crippen MR) is 79.8 cm³/mol. The Morgan fingerprint density at radius 2 is 2.05 bits per heavy atom. The van der Waals surface area contributed by atoms with Crippen molar-refractivity contribution in [3.05, 3.63) is 36.7 Å². The van der Waals surface area contributed by atoms with Gasteiger partial charge in [0.2, 0.25) is 0 Å². The van der Waals surface area contributed by atoms with Crippen LogP contribution >= 0.6 is 7.60 Å². The third kappa shape index (κ3) is 2.38. The molecule has 0 spiro atoms. The number of pyridine rings is 2. The van der Waals surface area contributed by atoms with Crippen molar-refractivity contribution in [3.8, 4) is 5.75 Å². The summed E-state index contributed by atoms with van der Waals surface area (Å²) in [5.41, 5.74) is 1.10. The molecular weight excluding hydrogens is 291 g/mol. The highest BCUT2D eigenvalue weighted by Crippen LogP contribution is 2.41. The number of aromatic nitrogens is 2. The van der Waals surface area contributed by atoms with Crippen molar-refractivity contribution in [3.63, 3.8) is 0 Å². The maximum Gasteiger partial charge on any atom is 0.360 e. The van der Waals surface area contributed by atoms with Crippen molar-refractivity contribution in [2.75, 3.05) is 6.61 Å². The second-order valence-corrected chi connectivity index (χ2v) is 6.31. The Kier molecular flexibility index (Phi) is 3.37. The van der Waals surface area contributed by atoms with Gasteiger partial charge in [0.25, 0.3) is 0 Å². The van der Waals surface area contributed by atoms with Crippen LogP contribution in [0.15, 0.2) is 36.7 Å². The van der Waals surface area contributed by atoms with Gasteiger partial charge in [-0.3, -0.25) is 14.5 Å². The molecule has 2 heterocycles. The molecule has 0 saturated heterocycles. The van der Waals surface area contributed by atoms with E-state index in [1.165, 1.54) is 18.5 Å². The lowest BCUT2D eigenvalue weighted by atomic mass is 10.1. The molecule has 2 aromatic heterocycles. The highest BCUT2D eigenvalue weighted by molar-refractivity contribution is 7.61. The molecule has 2 N–H and O–H groups in total. The largest absolute Gasteiger partial charge is 0.507 e. The normalized spacial score (nSPS) is 14.4. The molecule has 0 radical (unpaired) electrons. The van der Waals surface area contributed by atoms with Gasteiger partial charge in [-0.15, -0.1) is 0 Å². The van der Waals surface area contributed by atoms with Crippen molar-refractivity contribution in [2.24, 2.45) is 0 Å². The average Bonchev–Trinajstić information content (AvgIpc) is 2.46. The maximum absolute atomic E-state index is 12.0. The molecule has 21 heavy (non-hydrogen) atoms. The van der Waals surface area contributed by atoms with Crippen LogP contribution in [-0.2, 0) is 9.09 Å². The van der Waals surface area contributed by atoms with Gasteiger partial charge < -0.3 is 14.5 Å². The first-order valence-corrected chi connectivity index (χ1v) is 7.95. The van der Waals surface area contributed by atoms with E-state index in [1.807, 2.05) is 0 Å². The topological polar surface area (TPSA) is 92.5 Å². The molecule has 108 valence electrons. The molecule has 0 saturated carbocycles. The Morgan fingerprint density at radius 3 is 2.81 bits per heavy atom. The SMILES string of the molecule is CCOP(=O)(O)c1cnc2c(ccc3c(O)ccnc32)c1. The minimum atomic E-state index is -3.85. The van der Waals surface area contributed by atoms with E-state index < -0.39 is 7.60 Å². The van der Waals surface area contributed by atoms with Crippen molar-refractivity contribution in [1.82, 2.24) is 9.97 Å². The maximum atomic E-state index is 12.0. The van der Waals surface area contributed by atoms with E-state index in [1.54, 1.807) is 25.1 Å². The minimum absolute atomic E-state index is 0.120. The predicted octanol–water partition coefficient (Wildman–Crippen LogP) is 2.34. The Morgan fingerprint density at radius 1 is 1.24 bits per heavy atom. The van der Waals surface area contributed by atoms with Crippen molar-refractivity contribution >= 4 is 34.7 Å². The Labute approximate surface area is 120 Å². The molecular formula is C14H13N2O4P. The second kappa shape index (κ2) is 5.07. The van der Waals surface area contributed by atoms with Crippen molar-refractivity contribution in [2.45, 2.75) is 6.92 Å². The van der Waals surface area contributed by atoms with E-state index in [-0.39, 0.29) is 17.7 Å². The van der Waals surface area contributed by atoms with Gasteiger partial charge in [0, 0.05) is 23.2 Å². The van der Waals surface area contributed by atoms with Gasteiger partial charge >= 0.3 is 7.60 Å². The van der Waals surface area contributed by atoms with E-state index in [0.29, 0.717) is 21.8 Å². The summed E-state index contributed by atoms with van der Waals surface area (Å²) in [4.78, 5) is 18.3. The number of nitrogens with zero attached hydrogens (tertiary/aromatic N) is 2. The molecule has 0 fully saturated rings. The molecule has 0 aliphatic carbocycles. The molecule has 0 aliphatic rings. The number of benzene rings is 1. The zero-order valence-corrected chi connectivity index (χ0v) is 12.1. The summed E-state index contributed by atoms with van der Waals surface area (Å²) in [6.45, 7) is 1.79. The van der Waals surface area contributed by atoms with Crippen LogP contribution in [0.2, 0.25) is 0 Å². The molecule has 7 heteroatoms. The number of hydrogen-bond acceptors (Lipinski definition) is 5. The van der Waals surface area contributed by atoms with Gasteiger partial charge in [0.15, 0.2) is 0 Å². The fraction of sp³-hybridized carbons (Fsp3) is 0.143. The molecule has 1 unspecified atom stereocenters. The van der Waals surface area contributed by atoms with E-state index >= 15 is 0 Å². The lowest BCUT2D eigenvalue weighted by Crippen LogP contribution is -2.08. The summed E-state index contributed by atoms with van der Waals surface area (Å²) in [7, 11) is -3.85. The van der Waals surface area contributed by atoms with Gasteiger partial charge in [-0.1, -0.05) is 6.07 Å². The Balaban J connectivity index is 2.25. The van der Waals surface area contributed by atoms with Crippen LogP contribution in [0.3, 0.4) is 0 Å². The average molecular weight is 304 g/mol. The first-order chi connectivity index (χ1) is 10.0. The highest BCUT2D eigenvalue weighted by Gasteiger charge is 2.23. The smallest absolute Gasteiger partial charge is 0.360 e. The molecule has 1 aromatic carbocycles. The summed E-state index contributed by atoms with van der Waals surface area (Å²) in [5.74, 6) is 0.120. The monoisotopic (exact) mass is 304 g/mol. The molecule has 3 rings (SSSR count). The molecule has 6 nitrogen and oxygen atoms in total. The highest BCUT2D eigenvalue weighted by atomic mass is 31.2. The first-order valence-electron chi connectivity index (χ1n) is 6.37. The van der Waals surface area contributed by atoms with Crippen LogP contribution < -0.4 is 5.30 Å². The molecule has 3 aromatic rings. The van der Waals surface area contributed by atoms with Gasteiger partial charge in [0.05, 0.1) is 17.4 Å². The van der Waals surface area contributed by atoms with Crippen molar-refractivity contribution < 1.29 is 19.1 Å². The van der Waals surface area contributed by atoms with E-state index in [4.69, 9.17) is 4.52 Å². The zero-order chi connectivity index (χ0) is 15.0. The summed E-state index contributed by atoms with van der Waals surface area (Å²) in [6, 6.07) is 6.49. The quantitative estimate of drug-likeness (QED) is 0.570. The molecule has 0 bridgehead atoms. The standard InChI is InChI=1S/C14H13N2O4P/c1-2-20-21(18,19)10-7-9-3-4-11-12(17)5-6-15-14(11)13(9)16-8-10/h3-8H,2H2,1H3,(H,15,17)(H,18,19). The third-order valence-electron chi connectivity index (χ3n) is 3.15. The number of fused-ring (bicyclic) bond motifs is 3. The second-order valence-electron chi connectivity index (χ2n) is 4.50. The van der Waals surface area contributed by atoms with Crippen LogP contribution in [-0.4, -0.2) is 26.6 Å². The van der Waals surface area contributed by atoms with E-state index in [2.05, 4.69) is 9.97 Å². The van der Waals surface area contributed by atoms with Gasteiger partial charge in [-0.05, 0) is 25.1 Å². The Hall–Kier alpha value is -2.01. The summed E-state index contributed by atoms with van der Waals surface area (Å²) >= 11 is 0. The molecule has 1 atom stereocenters. The zero-order valence-electron chi connectivity index (χ0n) is 11.2. The summed E-state index contributed by atoms with van der Waals surface area (Å²) in [5, 5.41) is 11.2. The van der Waals surface area contributed by atoms with Crippen molar-refractivity contribution in [1.29, 1.82) is 0 Å². The van der Waals surface area contributed by atoms with Gasteiger partial charge in [-0.25, -0.2) is 0 Å². The van der Waals surface area contributed by atoms with Crippen LogP contribution in [0, 0.1) is 0 Å². The van der Waals surface area contributed by atoms with Crippen LogP contribution in [0.4, 0.5) is 0 Å². The van der Waals surface area contributed by atoms with E-state index in [9.17, 15) is 14.6 Å². The van der Waals surface area contributed by atoms with Crippen LogP contribution in [0.25, 0.3) is 21.8 Å². The molecule has 0 amide bonds. The lowest BCUT2D eigenvalue weighted by Gasteiger charge is -2.11. The Bertz CT molecular complexity index is 881. The minimum Gasteiger partial charge on any atom is -0.507 e.